The van der Waals surface area contributed by atoms with Gasteiger partial charge in [-0.25, -0.2) is 4.98 Å². The zero-order chi connectivity index (χ0) is 6.69. The highest BCUT2D eigenvalue weighted by Gasteiger charge is 1.89. The Morgan fingerprint density at radius 3 is 2.89 bits per heavy atom. The number of nitrogens with zero attached hydrogens (tertiary/aromatic N) is 2. The predicted molar refractivity (Wildman–Crippen MR) is 35.7 cm³/mol. The molecule has 0 bridgehead atoms. The van der Waals surface area contributed by atoms with Crippen molar-refractivity contribution in [2.75, 3.05) is 12.3 Å². The third kappa shape index (κ3) is 1.43. The number of aromatic nitrogens is 2. The van der Waals surface area contributed by atoms with Gasteiger partial charge in [0.25, 0.3) is 0 Å². The highest BCUT2D eigenvalue weighted by Crippen LogP contribution is 1.94. The molecule has 4 N–H and O–H groups in total. The van der Waals surface area contributed by atoms with Gasteiger partial charge >= 0.3 is 0 Å². The van der Waals surface area contributed by atoms with Crippen LogP contribution in [0.1, 0.15) is 0 Å². The molecule has 0 aliphatic rings. The fraction of sp³-hybridized carbons (Fsp3) is 0.400. The summed E-state index contributed by atoms with van der Waals surface area (Å²) < 4.78 is 1.86. The zero-order valence-electron chi connectivity index (χ0n) is 5.12. The molecule has 0 fully saturated rings. The lowest BCUT2D eigenvalue weighted by Gasteiger charge is -1.93. The molecule has 0 radical (unpaired) electrons. The zero-order valence-corrected chi connectivity index (χ0v) is 5.12. The summed E-state index contributed by atoms with van der Waals surface area (Å²) in [6, 6.07) is 0. The first-order valence-electron chi connectivity index (χ1n) is 2.80. The molecule has 50 valence electrons. The maximum Gasteiger partial charge on any atom is 0.141 e. The van der Waals surface area contributed by atoms with Crippen molar-refractivity contribution in [1.29, 1.82) is 0 Å². The second-order valence-corrected chi connectivity index (χ2v) is 1.83. The van der Waals surface area contributed by atoms with Crippen LogP contribution in [0.5, 0.6) is 0 Å². The minimum Gasteiger partial charge on any atom is -0.382 e. The van der Waals surface area contributed by atoms with Gasteiger partial charge in [-0.2, -0.15) is 0 Å². The van der Waals surface area contributed by atoms with Gasteiger partial charge in [-0.15, -0.1) is 0 Å². The summed E-state index contributed by atoms with van der Waals surface area (Å²) in [7, 11) is 0. The summed E-state index contributed by atoms with van der Waals surface area (Å²) in [5.74, 6) is 0.545. The second-order valence-electron chi connectivity index (χ2n) is 1.83. The molecule has 1 aromatic heterocycles. The highest BCUT2D eigenvalue weighted by molar-refractivity contribution is 5.22. The average molecular weight is 126 g/mol. The molecule has 0 aliphatic carbocycles. The quantitative estimate of drug-likeness (QED) is 0.557. The molecule has 4 heteroatoms. The van der Waals surface area contributed by atoms with E-state index in [0.717, 1.165) is 6.54 Å². The van der Waals surface area contributed by atoms with Crippen LogP contribution in [0, 0.1) is 0 Å². The minimum atomic E-state index is 0.545. The maximum absolute atomic E-state index is 5.34. The van der Waals surface area contributed by atoms with Crippen molar-refractivity contribution < 1.29 is 0 Å². The Kier molecular flexibility index (Phi) is 1.69. The van der Waals surface area contributed by atoms with E-state index in [1.807, 2.05) is 4.57 Å². The fourth-order valence-electron chi connectivity index (χ4n) is 0.649. The summed E-state index contributed by atoms with van der Waals surface area (Å²) >= 11 is 0. The average Bonchev–Trinajstić information content (AvgIpc) is 2.17. The van der Waals surface area contributed by atoms with E-state index in [9.17, 15) is 0 Å². The van der Waals surface area contributed by atoms with Crippen LogP contribution in [0.2, 0.25) is 0 Å². The first kappa shape index (κ1) is 6.10. The van der Waals surface area contributed by atoms with Crippen LogP contribution in [0.4, 0.5) is 5.82 Å². The number of hydrogen-bond acceptors (Lipinski definition) is 3. The Hall–Kier alpha value is -1.03. The van der Waals surface area contributed by atoms with Gasteiger partial charge in [0, 0.05) is 19.3 Å². The Morgan fingerprint density at radius 1 is 1.67 bits per heavy atom. The van der Waals surface area contributed by atoms with Crippen LogP contribution in [0.25, 0.3) is 0 Å². The van der Waals surface area contributed by atoms with Gasteiger partial charge < -0.3 is 16.0 Å². The van der Waals surface area contributed by atoms with Gasteiger partial charge in [-0.05, 0) is 0 Å². The lowest BCUT2D eigenvalue weighted by atomic mass is 10.6. The number of imidazole rings is 1. The Bertz CT molecular complexity index is 181. The Morgan fingerprint density at radius 2 is 2.44 bits per heavy atom. The molecule has 1 aromatic rings. The molecule has 9 heavy (non-hydrogen) atoms. The summed E-state index contributed by atoms with van der Waals surface area (Å²) in [5, 5.41) is 0. The van der Waals surface area contributed by atoms with Crippen molar-refractivity contribution in [3.63, 3.8) is 0 Å². The summed E-state index contributed by atoms with van der Waals surface area (Å²) in [5.41, 5.74) is 10.6. The van der Waals surface area contributed by atoms with E-state index < -0.39 is 0 Å². The molecule has 0 saturated heterocycles. The van der Waals surface area contributed by atoms with Crippen molar-refractivity contribution in [3.8, 4) is 0 Å². The molecular formula is C5H10N4. The number of nitrogens with two attached hydrogens (primary N) is 2. The van der Waals surface area contributed by atoms with Crippen LogP contribution in [-0.2, 0) is 6.54 Å². The van der Waals surface area contributed by atoms with Crippen molar-refractivity contribution in [1.82, 2.24) is 9.55 Å². The van der Waals surface area contributed by atoms with E-state index in [-0.39, 0.29) is 0 Å². The molecule has 0 spiro atoms. The smallest absolute Gasteiger partial charge is 0.141 e. The monoisotopic (exact) mass is 126 g/mol. The number of anilines is 1. The topological polar surface area (TPSA) is 69.9 Å². The van der Waals surface area contributed by atoms with Crippen molar-refractivity contribution in [2.45, 2.75) is 6.54 Å². The van der Waals surface area contributed by atoms with Crippen LogP contribution in [0.3, 0.4) is 0 Å². The molecule has 0 amide bonds. The highest BCUT2D eigenvalue weighted by atomic mass is 15.1. The molecule has 0 saturated carbocycles. The SMILES string of the molecule is NCCn1cnc(N)c1. The van der Waals surface area contributed by atoms with E-state index in [2.05, 4.69) is 4.98 Å². The molecule has 4 nitrogen and oxygen atoms in total. The third-order valence-corrected chi connectivity index (χ3v) is 1.04. The third-order valence-electron chi connectivity index (χ3n) is 1.04. The van der Waals surface area contributed by atoms with E-state index in [1.54, 1.807) is 12.5 Å². The Labute approximate surface area is 53.5 Å². The van der Waals surface area contributed by atoms with Crippen molar-refractivity contribution >= 4 is 5.82 Å². The first-order valence-corrected chi connectivity index (χ1v) is 2.80. The van der Waals surface area contributed by atoms with Gasteiger partial charge in [-0.3, -0.25) is 0 Å². The first-order chi connectivity index (χ1) is 4.33. The van der Waals surface area contributed by atoms with Crippen LogP contribution in [0.15, 0.2) is 12.5 Å². The molecular weight excluding hydrogens is 116 g/mol. The number of nitrogen functional groups attached to an aromatic ring is 1. The second kappa shape index (κ2) is 2.50. The lowest BCUT2D eigenvalue weighted by Crippen LogP contribution is -2.07. The summed E-state index contributed by atoms with van der Waals surface area (Å²) in [6.45, 7) is 1.40. The molecule has 0 aliphatic heterocycles. The van der Waals surface area contributed by atoms with Crippen molar-refractivity contribution in [2.24, 2.45) is 5.73 Å². The van der Waals surface area contributed by atoms with E-state index >= 15 is 0 Å². The van der Waals surface area contributed by atoms with Crippen molar-refractivity contribution in [3.05, 3.63) is 12.5 Å². The number of hydrogen-bond donors (Lipinski definition) is 2. The van der Waals surface area contributed by atoms with Crippen LogP contribution >= 0.6 is 0 Å². The van der Waals surface area contributed by atoms with Gasteiger partial charge in [0.15, 0.2) is 0 Å². The lowest BCUT2D eigenvalue weighted by molar-refractivity contribution is 0.708. The molecule has 0 atom stereocenters. The largest absolute Gasteiger partial charge is 0.382 e. The fourth-order valence-corrected chi connectivity index (χ4v) is 0.649. The Balaban J connectivity index is 2.61. The molecule has 1 rings (SSSR count). The van der Waals surface area contributed by atoms with E-state index in [0.29, 0.717) is 12.4 Å². The van der Waals surface area contributed by atoms with Gasteiger partial charge in [0.05, 0.1) is 6.33 Å². The minimum absolute atomic E-state index is 0.545. The number of rotatable bonds is 2. The van der Waals surface area contributed by atoms with E-state index in [4.69, 9.17) is 11.5 Å². The summed E-state index contributed by atoms with van der Waals surface area (Å²) in [6.07, 6.45) is 3.43. The van der Waals surface area contributed by atoms with Crippen LogP contribution in [-0.4, -0.2) is 16.1 Å². The molecule has 0 aromatic carbocycles. The molecule has 0 unspecified atom stereocenters. The van der Waals surface area contributed by atoms with E-state index in [1.165, 1.54) is 0 Å². The van der Waals surface area contributed by atoms with Crippen LogP contribution < -0.4 is 11.5 Å². The van der Waals surface area contributed by atoms with Gasteiger partial charge in [0.2, 0.25) is 0 Å². The normalized spacial score (nSPS) is 9.89. The maximum atomic E-state index is 5.34. The predicted octanol–water partition coefficient (Wildman–Crippen LogP) is -0.576. The summed E-state index contributed by atoms with van der Waals surface area (Å²) in [4.78, 5) is 3.82. The molecule has 1 heterocycles. The van der Waals surface area contributed by atoms with Gasteiger partial charge in [-0.1, -0.05) is 0 Å². The van der Waals surface area contributed by atoms with Gasteiger partial charge in [0.1, 0.15) is 5.82 Å². The standard InChI is InChI=1S/C5H10N4/c6-1-2-9-3-5(7)8-4-9/h3-4H,1-2,6-7H2.